The second-order valence-electron chi connectivity index (χ2n) is 14.3. The number of rotatable bonds is 38. The summed E-state index contributed by atoms with van der Waals surface area (Å²) < 4.78 is 16.4. The predicted molar refractivity (Wildman–Crippen MR) is 206 cm³/mol. The smallest absolute Gasteiger partial charge is 0.306 e. The Morgan fingerprint density at radius 3 is 1.06 bits per heavy atom. The highest BCUT2D eigenvalue weighted by Crippen LogP contribution is 2.14. The fourth-order valence-corrected chi connectivity index (χ4v) is 6.02. The molecule has 288 valence electrons. The monoisotopic (exact) mass is 693 g/mol. The molecule has 0 heterocycles. The van der Waals surface area contributed by atoms with E-state index in [1.807, 2.05) is 0 Å². The first-order chi connectivity index (χ1) is 24.0. The van der Waals surface area contributed by atoms with Gasteiger partial charge in [0.1, 0.15) is 13.2 Å². The predicted octanol–water partition coefficient (Wildman–Crippen LogP) is 13.1. The highest BCUT2D eigenvalue weighted by atomic mass is 16.6. The van der Waals surface area contributed by atoms with Crippen LogP contribution in [0.2, 0.25) is 0 Å². The molecule has 0 saturated heterocycles. The van der Waals surface area contributed by atoms with E-state index in [0.717, 1.165) is 64.2 Å². The summed E-state index contributed by atoms with van der Waals surface area (Å²) in [4.78, 5) is 37.1. The van der Waals surface area contributed by atoms with Gasteiger partial charge in [-0.05, 0) is 44.9 Å². The molecule has 0 saturated carbocycles. The molecule has 0 spiro atoms. The number of carbonyl (C=O) groups excluding carboxylic acids is 3. The van der Waals surface area contributed by atoms with E-state index in [1.54, 1.807) is 0 Å². The number of esters is 3. The quantitative estimate of drug-likeness (QED) is 0.0277. The van der Waals surface area contributed by atoms with Gasteiger partial charge in [0.2, 0.25) is 0 Å². The van der Waals surface area contributed by atoms with Gasteiger partial charge in [0.25, 0.3) is 0 Å². The minimum atomic E-state index is -0.761. The lowest BCUT2D eigenvalue weighted by Gasteiger charge is -2.18. The van der Waals surface area contributed by atoms with Gasteiger partial charge in [-0.15, -0.1) is 0 Å². The van der Waals surface area contributed by atoms with E-state index >= 15 is 0 Å². The van der Waals surface area contributed by atoms with E-state index in [4.69, 9.17) is 14.2 Å². The Hall–Kier alpha value is -1.85. The molecule has 0 N–H and O–H groups in total. The SMILES string of the molecule is CCCCCCCC/C=C\CCCCCCCC(=O)OCC(COC(=O)CCCCCCCCCCCCCCC)OC(=O)CCCCC. The van der Waals surface area contributed by atoms with Crippen molar-refractivity contribution in [1.82, 2.24) is 0 Å². The van der Waals surface area contributed by atoms with E-state index in [9.17, 15) is 14.4 Å². The Balaban J connectivity index is 4.07. The lowest BCUT2D eigenvalue weighted by molar-refractivity contribution is -0.167. The van der Waals surface area contributed by atoms with Crippen LogP contribution in [0.15, 0.2) is 12.2 Å². The first kappa shape index (κ1) is 47.1. The largest absolute Gasteiger partial charge is 0.462 e. The van der Waals surface area contributed by atoms with Gasteiger partial charge < -0.3 is 14.2 Å². The summed E-state index contributed by atoms with van der Waals surface area (Å²) in [6.07, 6.45) is 39.7. The normalized spacial score (nSPS) is 12.0. The van der Waals surface area contributed by atoms with E-state index < -0.39 is 6.10 Å². The maximum absolute atomic E-state index is 12.4. The number of ether oxygens (including phenoxy) is 3. The Bertz CT molecular complexity index is 763. The van der Waals surface area contributed by atoms with Crippen LogP contribution in [0.1, 0.15) is 226 Å². The first-order valence-electron chi connectivity index (χ1n) is 21.2. The van der Waals surface area contributed by atoms with Crippen LogP contribution in [0.3, 0.4) is 0 Å². The van der Waals surface area contributed by atoms with Crippen LogP contribution in [-0.4, -0.2) is 37.2 Å². The molecule has 0 radical (unpaired) electrons. The summed E-state index contributed by atoms with van der Waals surface area (Å²) in [5, 5.41) is 0. The third kappa shape index (κ3) is 37.2. The number of hydrogen-bond acceptors (Lipinski definition) is 6. The van der Waals surface area contributed by atoms with Crippen molar-refractivity contribution in [2.24, 2.45) is 0 Å². The molecular weight excluding hydrogens is 612 g/mol. The van der Waals surface area contributed by atoms with Crippen molar-refractivity contribution in [3.63, 3.8) is 0 Å². The van der Waals surface area contributed by atoms with Crippen molar-refractivity contribution in [3.05, 3.63) is 12.2 Å². The average Bonchev–Trinajstić information content (AvgIpc) is 3.09. The van der Waals surface area contributed by atoms with Crippen LogP contribution in [-0.2, 0) is 28.6 Å². The highest BCUT2D eigenvalue weighted by Gasteiger charge is 2.19. The molecule has 6 nitrogen and oxygen atoms in total. The molecule has 0 aromatic carbocycles. The molecule has 0 aliphatic rings. The lowest BCUT2D eigenvalue weighted by atomic mass is 10.0. The highest BCUT2D eigenvalue weighted by molar-refractivity contribution is 5.71. The molecule has 0 aliphatic carbocycles. The third-order valence-electron chi connectivity index (χ3n) is 9.27. The van der Waals surface area contributed by atoms with Crippen molar-refractivity contribution >= 4 is 17.9 Å². The van der Waals surface area contributed by atoms with Crippen LogP contribution < -0.4 is 0 Å². The number of carbonyl (C=O) groups is 3. The fourth-order valence-electron chi connectivity index (χ4n) is 6.02. The standard InChI is InChI=1S/C43H80O6/c1-4-7-10-12-14-16-18-20-21-23-25-27-29-31-34-36-42(45)48-39-40(49-43(46)37-32-9-6-3)38-47-41(44)35-33-30-28-26-24-22-19-17-15-13-11-8-5-2/h20-21,40H,4-19,22-39H2,1-3H3/b21-20-. The van der Waals surface area contributed by atoms with Crippen molar-refractivity contribution < 1.29 is 28.6 Å². The van der Waals surface area contributed by atoms with Gasteiger partial charge >= 0.3 is 17.9 Å². The Morgan fingerprint density at radius 2 is 0.673 bits per heavy atom. The second-order valence-corrected chi connectivity index (χ2v) is 14.3. The van der Waals surface area contributed by atoms with Crippen LogP contribution >= 0.6 is 0 Å². The minimum absolute atomic E-state index is 0.0719. The van der Waals surface area contributed by atoms with Gasteiger partial charge in [-0.1, -0.05) is 174 Å². The molecule has 0 aliphatic heterocycles. The van der Waals surface area contributed by atoms with Gasteiger partial charge in [0.15, 0.2) is 6.10 Å². The molecule has 0 bridgehead atoms. The molecule has 49 heavy (non-hydrogen) atoms. The van der Waals surface area contributed by atoms with Crippen LogP contribution in [0, 0.1) is 0 Å². The molecule has 0 fully saturated rings. The number of unbranched alkanes of at least 4 members (excludes halogenated alkanes) is 25. The first-order valence-corrected chi connectivity index (χ1v) is 21.2. The lowest BCUT2D eigenvalue weighted by Crippen LogP contribution is -2.30. The molecule has 6 heteroatoms. The van der Waals surface area contributed by atoms with Gasteiger partial charge in [-0.3, -0.25) is 14.4 Å². The number of allylic oxidation sites excluding steroid dienone is 2. The van der Waals surface area contributed by atoms with E-state index in [1.165, 1.54) is 122 Å². The maximum Gasteiger partial charge on any atom is 0.306 e. The van der Waals surface area contributed by atoms with E-state index in [2.05, 4.69) is 32.9 Å². The molecule has 1 unspecified atom stereocenters. The van der Waals surface area contributed by atoms with Gasteiger partial charge in [-0.2, -0.15) is 0 Å². The van der Waals surface area contributed by atoms with E-state index in [-0.39, 0.29) is 31.1 Å². The Labute approximate surface area is 303 Å². The zero-order valence-electron chi connectivity index (χ0n) is 32.7. The van der Waals surface area contributed by atoms with Gasteiger partial charge in [0, 0.05) is 19.3 Å². The van der Waals surface area contributed by atoms with E-state index in [0.29, 0.717) is 19.3 Å². The summed E-state index contributed by atoms with van der Waals surface area (Å²) in [5.41, 5.74) is 0. The summed E-state index contributed by atoms with van der Waals surface area (Å²) in [6, 6.07) is 0. The van der Waals surface area contributed by atoms with Crippen LogP contribution in [0.25, 0.3) is 0 Å². The van der Waals surface area contributed by atoms with Crippen molar-refractivity contribution in [3.8, 4) is 0 Å². The summed E-state index contributed by atoms with van der Waals surface area (Å²) >= 11 is 0. The zero-order valence-corrected chi connectivity index (χ0v) is 32.7. The molecule has 0 aromatic rings. The molecule has 0 rings (SSSR count). The second kappa shape index (κ2) is 38.9. The fraction of sp³-hybridized carbons (Fsp3) is 0.884. The maximum atomic E-state index is 12.4. The summed E-state index contributed by atoms with van der Waals surface area (Å²) in [7, 11) is 0. The molecule has 0 aromatic heterocycles. The minimum Gasteiger partial charge on any atom is -0.462 e. The Morgan fingerprint density at radius 1 is 0.388 bits per heavy atom. The van der Waals surface area contributed by atoms with Gasteiger partial charge in [0.05, 0.1) is 0 Å². The summed E-state index contributed by atoms with van der Waals surface area (Å²) in [6.45, 7) is 6.46. The molecule has 1 atom stereocenters. The van der Waals surface area contributed by atoms with Crippen molar-refractivity contribution in [1.29, 1.82) is 0 Å². The Kier molecular flexibility index (Phi) is 37.5. The van der Waals surface area contributed by atoms with Crippen molar-refractivity contribution in [2.45, 2.75) is 232 Å². The third-order valence-corrected chi connectivity index (χ3v) is 9.27. The van der Waals surface area contributed by atoms with Crippen LogP contribution in [0.4, 0.5) is 0 Å². The van der Waals surface area contributed by atoms with Crippen molar-refractivity contribution in [2.75, 3.05) is 13.2 Å². The van der Waals surface area contributed by atoms with Gasteiger partial charge in [-0.25, -0.2) is 0 Å². The molecular formula is C43H80O6. The van der Waals surface area contributed by atoms with Crippen LogP contribution in [0.5, 0.6) is 0 Å². The summed E-state index contributed by atoms with van der Waals surface area (Å²) in [5.74, 6) is -0.906. The number of hydrogen-bond donors (Lipinski definition) is 0. The topological polar surface area (TPSA) is 78.9 Å². The molecule has 0 amide bonds. The average molecular weight is 693 g/mol. The zero-order chi connectivity index (χ0) is 35.9.